The standard InChI is InChI=1S/C23H28FN5O2/c1-23(2,24)22-26-20(27-31-22)15-5-6-19(25-10-15)28-11-17-9-16(28)12-29(17)21(30)18-8-13-3-4-14(18)7-13/h5-6,10,13-14,16-18H,3-4,7-9,11-12H2,1-2H3/t13?,14?,16?,17?,18-/m1/s1. The minimum atomic E-state index is -1.67. The summed E-state index contributed by atoms with van der Waals surface area (Å²) >= 11 is 0. The first-order valence-electron chi connectivity index (χ1n) is 11.4. The minimum Gasteiger partial charge on any atom is -0.350 e. The van der Waals surface area contributed by atoms with Gasteiger partial charge in [-0.2, -0.15) is 4.98 Å². The molecule has 4 fully saturated rings. The normalized spacial score (nSPS) is 31.8. The van der Waals surface area contributed by atoms with Crippen LogP contribution in [-0.4, -0.2) is 51.1 Å². The van der Waals surface area contributed by atoms with Crippen LogP contribution < -0.4 is 4.90 Å². The first kappa shape index (κ1) is 19.2. The van der Waals surface area contributed by atoms with Crippen LogP contribution in [0, 0.1) is 17.8 Å². The van der Waals surface area contributed by atoms with Crippen LogP contribution in [0.15, 0.2) is 22.9 Å². The van der Waals surface area contributed by atoms with E-state index >= 15 is 0 Å². The second-order valence-electron chi connectivity index (χ2n) is 10.3. The van der Waals surface area contributed by atoms with Gasteiger partial charge in [-0.05, 0) is 63.5 Å². The van der Waals surface area contributed by atoms with Crippen molar-refractivity contribution in [3.05, 3.63) is 24.2 Å². The van der Waals surface area contributed by atoms with Crippen LogP contribution in [-0.2, 0) is 10.5 Å². The molecule has 4 heterocycles. The van der Waals surface area contributed by atoms with Crippen LogP contribution in [0.2, 0.25) is 0 Å². The number of alkyl halides is 1. The number of amides is 1. The molecule has 1 amide bonds. The van der Waals surface area contributed by atoms with Crippen molar-refractivity contribution < 1.29 is 13.7 Å². The average Bonchev–Trinajstić information content (AvgIpc) is 3.57. The zero-order valence-corrected chi connectivity index (χ0v) is 18.0. The van der Waals surface area contributed by atoms with Crippen molar-refractivity contribution in [1.82, 2.24) is 20.0 Å². The van der Waals surface area contributed by atoms with Crippen molar-refractivity contribution in [2.45, 2.75) is 63.7 Å². The van der Waals surface area contributed by atoms with Gasteiger partial charge in [-0.15, -0.1) is 0 Å². The van der Waals surface area contributed by atoms with E-state index in [1.807, 2.05) is 12.1 Å². The van der Waals surface area contributed by atoms with Gasteiger partial charge in [0, 0.05) is 30.8 Å². The van der Waals surface area contributed by atoms with Gasteiger partial charge in [0.2, 0.25) is 11.7 Å². The summed E-state index contributed by atoms with van der Waals surface area (Å²) in [4.78, 5) is 26.4. The van der Waals surface area contributed by atoms with Gasteiger partial charge in [0.25, 0.3) is 5.89 Å². The van der Waals surface area contributed by atoms with Crippen molar-refractivity contribution >= 4 is 11.7 Å². The number of halogens is 1. The van der Waals surface area contributed by atoms with Gasteiger partial charge >= 0.3 is 0 Å². The van der Waals surface area contributed by atoms with Crippen LogP contribution in [0.5, 0.6) is 0 Å². The number of nitrogens with zero attached hydrogens (tertiary/aromatic N) is 5. The Labute approximate surface area is 181 Å². The van der Waals surface area contributed by atoms with Gasteiger partial charge in [-0.1, -0.05) is 11.6 Å². The van der Waals surface area contributed by atoms with Crippen LogP contribution in [0.25, 0.3) is 11.4 Å². The zero-order chi connectivity index (χ0) is 21.3. The van der Waals surface area contributed by atoms with Crippen LogP contribution in [0.3, 0.4) is 0 Å². The second kappa shape index (κ2) is 6.74. The van der Waals surface area contributed by atoms with Gasteiger partial charge < -0.3 is 14.3 Å². The Kier molecular flexibility index (Phi) is 4.17. The smallest absolute Gasteiger partial charge is 0.264 e. The summed E-state index contributed by atoms with van der Waals surface area (Å²) in [5.74, 6) is 3.32. The number of carbonyl (C=O) groups is 1. The van der Waals surface area contributed by atoms with E-state index in [-0.39, 0.29) is 11.8 Å². The SMILES string of the molecule is CC(C)(F)c1nc(-c2ccc(N3CC4CC3CN4C(=O)[C@@H]3CC4CCC3C4)nc2)no1. The second-order valence-corrected chi connectivity index (χ2v) is 10.3. The number of anilines is 1. The van der Waals surface area contributed by atoms with E-state index in [1.54, 1.807) is 6.20 Å². The highest BCUT2D eigenvalue weighted by Gasteiger charge is 2.50. The summed E-state index contributed by atoms with van der Waals surface area (Å²) in [7, 11) is 0. The molecular weight excluding hydrogens is 397 g/mol. The highest BCUT2D eigenvalue weighted by atomic mass is 19.1. The molecule has 0 spiro atoms. The molecule has 8 heteroatoms. The molecule has 4 unspecified atom stereocenters. The quantitative estimate of drug-likeness (QED) is 0.746. The lowest BCUT2D eigenvalue weighted by Gasteiger charge is -2.37. The Morgan fingerprint density at radius 3 is 2.61 bits per heavy atom. The number of piperazine rings is 1. The molecule has 6 rings (SSSR count). The van der Waals surface area contributed by atoms with Crippen LogP contribution in [0.4, 0.5) is 10.2 Å². The van der Waals surface area contributed by atoms with E-state index in [9.17, 15) is 9.18 Å². The highest BCUT2D eigenvalue weighted by molar-refractivity contribution is 5.81. The Hall–Kier alpha value is -2.51. The molecule has 2 aromatic rings. The number of hydrogen-bond donors (Lipinski definition) is 0. The third-order valence-electron chi connectivity index (χ3n) is 7.81. The Bertz CT molecular complexity index is 1000. The molecule has 2 aromatic heterocycles. The molecule has 31 heavy (non-hydrogen) atoms. The number of likely N-dealkylation sites (tertiary alicyclic amines) is 1. The molecule has 0 radical (unpaired) electrons. The number of aromatic nitrogens is 3. The largest absolute Gasteiger partial charge is 0.350 e. The van der Waals surface area contributed by atoms with Crippen molar-refractivity contribution in [2.24, 2.45) is 17.8 Å². The summed E-state index contributed by atoms with van der Waals surface area (Å²) in [6.07, 6.45) is 7.69. The van der Waals surface area contributed by atoms with E-state index in [1.165, 1.54) is 33.1 Å². The van der Waals surface area contributed by atoms with Crippen LogP contribution in [0.1, 0.15) is 51.8 Å². The molecule has 2 aliphatic heterocycles. The molecule has 0 aromatic carbocycles. The minimum absolute atomic E-state index is 0.0383. The molecule has 7 nitrogen and oxygen atoms in total. The van der Waals surface area contributed by atoms with E-state index < -0.39 is 5.67 Å². The molecule has 4 aliphatic rings. The lowest BCUT2D eigenvalue weighted by molar-refractivity contribution is -0.138. The molecule has 0 N–H and O–H groups in total. The van der Waals surface area contributed by atoms with E-state index in [0.717, 1.165) is 37.7 Å². The zero-order valence-electron chi connectivity index (χ0n) is 18.0. The fourth-order valence-electron chi connectivity index (χ4n) is 6.25. The first-order valence-corrected chi connectivity index (χ1v) is 11.4. The molecule has 2 saturated carbocycles. The third-order valence-corrected chi connectivity index (χ3v) is 7.81. The maximum absolute atomic E-state index is 14.0. The van der Waals surface area contributed by atoms with Crippen molar-refractivity contribution in [1.29, 1.82) is 0 Å². The van der Waals surface area contributed by atoms with Crippen molar-refractivity contribution in [3.63, 3.8) is 0 Å². The summed E-state index contributed by atoms with van der Waals surface area (Å²) in [6.45, 7) is 4.42. The molecular formula is C23H28FN5O2. The topological polar surface area (TPSA) is 75.4 Å². The molecule has 4 bridgehead atoms. The maximum atomic E-state index is 14.0. The highest BCUT2D eigenvalue weighted by Crippen LogP contribution is 2.49. The number of rotatable bonds is 4. The Balaban J connectivity index is 1.13. The average molecular weight is 426 g/mol. The number of hydrogen-bond acceptors (Lipinski definition) is 6. The van der Waals surface area contributed by atoms with Crippen LogP contribution >= 0.6 is 0 Å². The number of carbonyl (C=O) groups excluding carboxylic acids is 1. The lowest BCUT2D eigenvalue weighted by atomic mass is 9.87. The summed E-state index contributed by atoms with van der Waals surface area (Å²) in [5, 5.41) is 3.88. The van der Waals surface area contributed by atoms with E-state index in [4.69, 9.17) is 4.52 Å². The van der Waals surface area contributed by atoms with E-state index in [0.29, 0.717) is 35.3 Å². The molecule has 5 atom stereocenters. The molecule has 2 saturated heterocycles. The Morgan fingerprint density at radius 1 is 1.16 bits per heavy atom. The fourth-order valence-corrected chi connectivity index (χ4v) is 6.25. The van der Waals surface area contributed by atoms with Gasteiger partial charge in [-0.3, -0.25) is 4.79 Å². The third kappa shape index (κ3) is 3.13. The van der Waals surface area contributed by atoms with Gasteiger partial charge in [-0.25, -0.2) is 9.37 Å². The molecule has 164 valence electrons. The number of fused-ring (bicyclic) bond motifs is 4. The predicted octanol–water partition coefficient (Wildman–Crippen LogP) is 3.56. The Morgan fingerprint density at radius 2 is 2.03 bits per heavy atom. The van der Waals surface area contributed by atoms with Gasteiger partial charge in [0.15, 0.2) is 5.67 Å². The summed E-state index contributed by atoms with van der Waals surface area (Å²) in [6, 6.07) is 4.47. The van der Waals surface area contributed by atoms with Gasteiger partial charge in [0.1, 0.15) is 5.82 Å². The van der Waals surface area contributed by atoms with Crippen molar-refractivity contribution in [3.8, 4) is 11.4 Å². The predicted molar refractivity (Wildman–Crippen MR) is 112 cm³/mol. The van der Waals surface area contributed by atoms with Gasteiger partial charge in [0.05, 0.1) is 12.1 Å². The summed E-state index contributed by atoms with van der Waals surface area (Å²) in [5.41, 5.74) is -0.977. The fraction of sp³-hybridized carbons (Fsp3) is 0.652. The lowest BCUT2D eigenvalue weighted by Crippen LogP contribution is -2.51. The first-order chi connectivity index (χ1) is 14.9. The van der Waals surface area contributed by atoms with Crippen molar-refractivity contribution in [2.75, 3.05) is 18.0 Å². The molecule has 2 aliphatic carbocycles. The maximum Gasteiger partial charge on any atom is 0.264 e. The number of pyridine rings is 1. The monoisotopic (exact) mass is 425 g/mol. The van der Waals surface area contributed by atoms with E-state index in [2.05, 4.69) is 24.9 Å². The summed E-state index contributed by atoms with van der Waals surface area (Å²) < 4.78 is 19.0.